The van der Waals surface area contributed by atoms with E-state index < -0.39 is 0 Å². The van der Waals surface area contributed by atoms with E-state index in [4.69, 9.17) is 11.6 Å². The van der Waals surface area contributed by atoms with Crippen molar-refractivity contribution in [2.75, 3.05) is 5.88 Å². The summed E-state index contributed by atoms with van der Waals surface area (Å²) in [6, 6.07) is 8.22. The van der Waals surface area contributed by atoms with Crippen LogP contribution in [0.25, 0.3) is 10.6 Å². The zero-order valence-corrected chi connectivity index (χ0v) is 12.0. The van der Waals surface area contributed by atoms with Crippen LogP contribution in [0.5, 0.6) is 0 Å². The third-order valence-electron chi connectivity index (χ3n) is 2.31. The Morgan fingerprint density at radius 3 is 2.62 bits per heavy atom. The second-order valence-corrected chi connectivity index (χ2v) is 5.85. The van der Waals surface area contributed by atoms with E-state index in [1.54, 1.807) is 11.3 Å². The summed E-state index contributed by atoms with van der Waals surface area (Å²) in [5.74, 6) is 0.656. The fourth-order valence-electron chi connectivity index (χ4n) is 1.46. The smallest absolute Gasteiger partial charge is 0.123 e. The molecule has 0 amide bonds. The van der Waals surface area contributed by atoms with Gasteiger partial charge in [-0.1, -0.05) is 28.1 Å². The van der Waals surface area contributed by atoms with Gasteiger partial charge in [-0.05, 0) is 25.5 Å². The lowest BCUT2D eigenvalue weighted by atomic mass is 10.2. The topological polar surface area (TPSA) is 12.9 Å². The summed E-state index contributed by atoms with van der Waals surface area (Å²) in [7, 11) is 0. The van der Waals surface area contributed by atoms with Crippen molar-refractivity contribution in [3.05, 3.63) is 39.3 Å². The first-order valence-electron chi connectivity index (χ1n) is 4.99. The Morgan fingerprint density at radius 2 is 2.00 bits per heavy atom. The number of aryl methyl sites for hydroxylation is 2. The van der Waals surface area contributed by atoms with Crippen molar-refractivity contribution in [1.29, 1.82) is 0 Å². The summed E-state index contributed by atoms with van der Waals surface area (Å²) in [6.07, 6.45) is 0.904. The minimum Gasteiger partial charge on any atom is -0.241 e. The van der Waals surface area contributed by atoms with Gasteiger partial charge in [-0.2, -0.15) is 0 Å². The van der Waals surface area contributed by atoms with E-state index in [-0.39, 0.29) is 0 Å². The monoisotopic (exact) mass is 315 g/mol. The highest BCUT2D eigenvalue weighted by Gasteiger charge is 2.08. The molecule has 0 atom stereocenters. The molecular formula is C12H11BrClNS. The van der Waals surface area contributed by atoms with Crippen molar-refractivity contribution in [3.8, 4) is 10.6 Å². The Morgan fingerprint density at radius 1 is 1.31 bits per heavy atom. The summed E-state index contributed by atoms with van der Waals surface area (Å²) < 4.78 is 1.09. The minimum atomic E-state index is 0.656. The van der Waals surface area contributed by atoms with Crippen molar-refractivity contribution in [3.63, 3.8) is 0 Å². The standard InChI is InChI=1S/C12H11BrClNS/c1-8-11(6-7-14)16-12(15-8)9-2-4-10(13)5-3-9/h2-5H,6-7H2,1H3. The van der Waals surface area contributed by atoms with Gasteiger partial charge in [-0.25, -0.2) is 4.98 Å². The number of benzene rings is 1. The first-order valence-corrected chi connectivity index (χ1v) is 7.13. The van der Waals surface area contributed by atoms with E-state index in [0.29, 0.717) is 5.88 Å². The molecule has 0 aliphatic rings. The second kappa shape index (κ2) is 5.30. The molecule has 4 heteroatoms. The Hall–Kier alpha value is -0.380. The molecule has 0 spiro atoms. The molecule has 0 radical (unpaired) electrons. The zero-order chi connectivity index (χ0) is 11.5. The van der Waals surface area contributed by atoms with Crippen LogP contribution in [0, 0.1) is 6.92 Å². The lowest BCUT2D eigenvalue weighted by Crippen LogP contribution is -1.84. The molecule has 16 heavy (non-hydrogen) atoms. The summed E-state index contributed by atoms with van der Waals surface area (Å²) in [4.78, 5) is 5.86. The third-order valence-corrected chi connectivity index (χ3v) is 4.29. The molecule has 1 aromatic heterocycles. The number of halogens is 2. The lowest BCUT2D eigenvalue weighted by Gasteiger charge is -1.95. The lowest BCUT2D eigenvalue weighted by molar-refractivity contribution is 1.12. The van der Waals surface area contributed by atoms with E-state index in [1.807, 2.05) is 19.1 Å². The van der Waals surface area contributed by atoms with E-state index in [0.717, 1.165) is 27.2 Å². The van der Waals surface area contributed by atoms with Gasteiger partial charge in [0.05, 0.1) is 5.69 Å². The zero-order valence-electron chi connectivity index (χ0n) is 8.84. The molecule has 0 N–H and O–H groups in total. The first kappa shape index (κ1) is 12.1. The van der Waals surface area contributed by atoms with Crippen LogP contribution in [0.4, 0.5) is 0 Å². The van der Waals surface area contributed by atoms with Crippen LogP contribution in [0.2, 0.25) is 0 Å². The molecule has 1 aromatic carbocycles. The molecule has 0 bridgehead atoms. The molecule has 0 fully saturated rings. The van der Waals surface area contributed by atoms with Crippen molar-refractivity contribution < 1.29 is 0 Å². The van der Waals surface area contributed by atoms with E-state index in [9.17, 15) is 0 Å². The number of nitrogens with zero attached hydrogens (tertiary/aromatic N) is 1. The number of rotatable bonds is 3. The molecule has 0 aliphatic heterocycles. The van der Waals surface area contributed by atoms with Crippen LogP contribution in [0.15, 0.2) is 28.7 Å². The Balaban J connectivity index is 2.33. The predicted octanol–water partition coefficient (Wildman–Crippen LogP) is 4.66. The largest absolute Gasteiger partial charge is 0.241 e. The SMILES string of the molecule is Cc1nc(-c2ccc(Br)cc2)sc1CCCl. The molecule has 0 saturated heterocycles. The van der Waals surface area contributed by atoms with E-state index >= 15 is 0 Å². The van der Waals surface area contributed by atoms with Gasteiger partial charge in [0.15, 0.2) is 0 Å². The van der Waals surface area contributed by atoms with Gasteiger partial charge in [0.2, 0.25) is 0 Å². The molecule has 1 nitrogen and oxygen atoms in total. The predicted molar refractivity (Wildman–Crippen MR) is 74.4 cm³/mol. The van der Waals surface area contributed by atoms with E-state index in [2.05, 4.69) is 33.0 Å². The van der Waals surface area contributed by atoms with Gasteiger partial charge >= 0.3 is 0 Å². The maximum Gasteiger partial charge on any atom is 0.123 e. The number of thiazole rings is 1. The van der Waals surface area contributed by atoms with E-state index in [1.165, 1.54) is 4.88 Å². The van der Waals surface area contributed by atoms with Gasteiger partial charge in [0, 0.05) is 20.8 Å². The average molecular weight is 317 g/mol. The maximum absolute atomic E-state index is 5.76. The number of alkyl halides is 1. The Labute approximate surface area is 113 Å². The number of aromatic nitrogens is 1. The first-order chi connectivity index (χ1) is 7.70. The summed E-state index contributed by atoms with van der Waals surface area (Å²) in [6.45, 7) is 2.04. The van der Waals surface area contributed by atoms with Crippen LogP contribution in [-0.2, 0) is 6.42 Å². The van der Waals surface area contributed by atoms with Gasteiger partial charge in [-0.3, -0.25) is 0 Å². The fraction of sp³-hybridized carbons (Fsp3) is 0.250. The number of hydrogen-bond donors (Lipinski definition) is 0. The molecular weight excluding hydrogens is 306 g/mol. The minimum absolute atomic E-state index is 0.656. The molecule has 2 aromatic rings. The average Bonchev–Trinajstić information content (AvgIpc) is 2.62. The number of hydrogen-bond acceptors (Lipinski definition) is 2. The summed E-state index contributed by atoms with van der Waals surface area (Å²) >= 11 is 10.9. The third kappa shape index (κ3) is 2.65. The molecule has 1 heterocycles. The van der Waals surface area contributed by atoms with Crippen molar-refractivity contribution in [2.45, 2.75) is 13.3 Å². The molecule has 2 rings (SSSR count). The normalized spacial score (nSPS) is 10.7. The van der Waals surface area contributed by atoms with Crippen molar-refractivity contribution in [2.24, 2.45) is 0 Å². The molecule has 0 saturated carbocycles. The maximum atomic E-state index is 5.76. The fourth-order valence-corrected chi connectivity index (χ4v) is 3.09. The summed E-state index contributed by atoms with van der Waals surface area (Å²) in [5, 5.41) is 1.07. The van der Waals surface area contributed by atoms with Gasteiger partial charge < -0.3 is 0 Å². The quantitative estimate of drug-likeness (QED) is 0.750. The Kier molecular flexibility index (Phi) is 4.00. The Bertz CT molecular complexity index is 478. The highest BCUT2D eigenvalue weighted by atomic mass is 79.9. The van der Waals surface area contributed by atoms with Crippen molar-refractivity contribution in [1.82, 2.24) is 4.98 Å². The van der Waals surface area contributed by atoms with Crippen LogP contribution >= 0.6 is 38.9 Å². The van der Waals surface area contributed by atoms with Gasteiger partial charge in [0.1, 0.15) is 5.01 Å². The summed E-state index contributed by atoms with van der Waals surface area (Å²) in [5.41, 5.74) is 2.26. The van der Waals surface area contributed by atoms with Crippen molar-refractivity contribution >= 4 is 38.9 Å². The highest BCUT2D eigenvalue weighted by Crippen LogP contribution is 2.29. The van der Waals surface area contributed by atoms with Crippen LogP contribution in [0.3, 0.4) is 0 Å². The van der Waals surface area contributed by atoms with Crippen LogP contribution < -0.4 is 0 Å². The van der Waals surface area contributed by atoms with Gasteiger partial charge in [-0.15, -0.1) is 22.9 Å². The molecule has 0 aliphatic carbocycles. The van der Waals surface area contributed by atoms with Crippen LogP contribution in [-0.4, -0.2) is 10.9 Å². The highest BCUT2D eigenvalue weighted by molar-refractivity contribution is 9.10. The second-order valence-electron chi connectivity index (χ2n) is 3.47. The van der Waals surface area contributed by atoms with Gasteiger partial charge in [0.25, 0.3) is 0 Å². The van der Waals surface area contributed by atoms with Crippen LogP contribution in [0.1, 0.15) is 10.6 Å². The molecule has 84 valence electrons. The molecule has 0 unspecified atom stereocenters.